The van der Waals surface area contributed by atoms with Gasteiger partial charge in [-0.3, -0.25) is 14.2 Å². The molecule has 4 aromatic rings. The molecule has 0 unspecified atom stereocenters. The Hall–Kier alpha value is -3.45. The van der Waals surface area contributed by atoms with Gasteiger partial charge in [-0.2, -0.15) is 0 Å². The summed E-state index contributed by atoms with van der Waals surface area (Å²) < 4.78 is 1.64. The maximum absolute atomic E-state index is 13.3. The molecule has 2 aromatic heterocycles. The van der Waals surface area contributed by atoms with E-state index in [1.807, 2.05) is 68.4 Å². The Labute approximate surface area is 197 Å². The molecule has 0 aliphatic heterocycles. The molecule has 1 amide bonds. The summed E-state index contributed by atoms with van der Waals surface area (Å²) in [6.07, 6.45) is 2.22. The summed E-state index contributed by atoms with van der Waals surface area (Å²) in [6.45, 7) is 4.83. The molecule has 0 aliphatic rings. The van der Waals surface area contributed by atoms with Crippen molar-refractivity contribution >= 4 is 28.7 Å². The molecule has 2 aromatic carbocycles. The molecule has 0 saturated heterocycles. The third-order valence-electron chi connectivity index (χ3n) is 5.38. The van der Waals surface area contributed by atoms with Crippen molar-refractivity contribution in [2.24, 2.45) is 0 Å². The lowest BCUT2D eigenvalue weighted by Gasteiger charge is -2.18. The number of amides is 1. The molecule has 6 nitrogen and oxygen atoms in total. The van der Waals surface area contributed by atoms with Crippen LogP contribution in [0.4, 0.5) is 0 Å². The van der Waals surface area contributed by atoms with E-state index in [1.54, 1.807) is 22.9 Å². The average Bonchev–Trinajstić information content (AvgIpc) is 2.85. The van der Waals surface area contributed by atoms with E-state index >= 15 is 0 Å². The summed E-state index contributed by atoms with van der Waals surface area (Å²) in [6, 6.07) is 21.3. The first kappa shape index (κ1) is 22.7. The second-order valence-corrected chi connectivity index (χ2v) is 9.03. The average molecular weight is 459 g/mol. The topological polar surface area (TPSA) is 76.9 Å². The maximum atomic E-state index is 13.3. The highest BCUT2D eigenvalue weighted by atomic mass is 32.2. The molecule has 168 valence electrons. The number of fused-ring (bicyclic) bond motifs is 1. The fourth-order valence-electron chi connectivity index (χ4n) is 3.49. The molecule has 0 radical (unpaired) electrons. The third-order valence-corrected chi connectivity index (χ3v) is 6.73. The molecule has 0 aliphatic carbocycles. The Morgan fingerprint density at radius 2 is 1.79 bits per heavy atom. The number of thioether (sulfide) groups is 1. The summed E-state index contributed by atoms with van der Waals surface area (Å²) in [5.41, 5.74) is 3.45. The van der Waals surface area contributed by atoms with Crippen LogP contribution in [0.1, 0.15) is 30.0 Å². The van der Waals surface area contributed by atoms with Gasteiger partial charge in [0.05, 0.1) is 17.2 Å². The Morgan fingerprint density at radius 3 is 2.52 bits per heavy atom. The van der Waals surface area contributed by atoms with E-state index in [1.165, 1.54) is 17.3 Å². The molecule has 0 spiro atoms. The van der Waals surface area contributed by atoms with Gasteiger partial charge in [-0.1, -0.05) is 78.8 Å². The Bertz CT molecular complexity index is 1300. The zero-order valence-electron chi connectivity index (χ0n) is 18.7. The largest absolute Gasteiger partial charge is 0.351 e. The monoisotopic (exact) mass is 458 g/mol. The van der Waals surface area contributed by atoms with Crippen LogP contribution >= 0.6 is 11.8 Å². The van der Waals surface area contributed by atoms with Crippen LogP contribution < -0.4 is 10.9 Å². The standard InChI is InChI=1S/C26H26N4O2S/c1-3-22(24(31)28-16-19-13-11-18(2)12-14-19)33-26-29-23-21(10-7-15-27-23)25(32)30(26)17-20-8-5-4-6-9-20/h4-15,22H,3,16-17H2,1-2H3,(H,28,31)/t22-/m0/s1. The van der Waals surface area contributed by atoms with E-state index in [0.29, 0.717) is 35.7 Å². The molecule has 0 saturated carbocycles. The van der Waals surface area contributed by atoms with E-state index in [0.717, 1.165) is 11.1 Å². The zero-order chi connectivity index (χ0) is 23.2. The van der Waals surface area contributed by atoms with E-state index < -0.39 is 0 Å². The number of aryl methyl sites for hydroxylation is 1. The van der Waals surface area contributed by atoms with Gasteiger partial charge >= 0.3 is 0 Å². The van der Waals surface area contributed by atoms with Gasteiger partial charge < -0.3 is 5.32 Å². The molecule has 4 rings (SSSR count). The van der Waals surface area contributed by atoms with E-state index in [4.69, 9.17) is 0 Å². The van der Waals surface area contributed by atoms with Crippen LogP contribution in [0.25, 0.3) is 11.0 Å². The summed E-state index contributed by atoms with van der Waals surface area (Å²) >= 11 is 1.31. The fourth-order valence-corrected chi connectivity index (χ4v) is 4.52. The highest BCUT2D eigenvalue weighted by Crippen LogP contribution is 2.25. The Kier molecular flexibility index (Phi) is 7.19. The van der Waals surface area contributed by atoms with Gasteiger partial charge in [0.25, 0.3) is 5.56 Å². The first-order valence-corrected chi connectivity index (χ1v) is 11.8. The van der Waals surface area contributed by atoms with Crippen molar-refractivity contribution in [2.45, 2.75) is 43.8 Å². The van der Waals surface area contributed by atoms with Crippen LogP contribution in [-0.4, -0.2) is 25.7 Å². The van der Waals surface area contributed by atoms with Crippen molar-refractivity contribution in [1.29, 1.82) is 0 Å². The SMILES string of the molecule is CC[C@H](Sc1nc2ncccc2c(=O)n1Cc1ccccc1)C(=O)NCc1ccc(C)cc1. The zero-order valence-corrected chi connectivity index (χ0v) is 19.5. The van der Waals surface area contributed by atoms with Gasteiger partial charge in [0.1, 0.15) is 0 Å². The highest BCUT2D eigenvalue weighted by molar-refractivity contribution is 8.00. The number of pyridine rings is 1. The van der Waals surface area contributed by atoms with Gasteiger partial charge in [-0.25, -0.2) is 9.97 Å². The van der Waals surface area contributed by atoms with Crippen molar-refractivity contribution in [2.75, 3.05) is 0 Å². The lowest BCUT2D eigenvalue weighted by Crippen LogP contribution is -2.33. The Balaban J connectivity index is 1.61. The van der Waals surface area contributed by atoms with Crippen LogP contribution in [0.2, 0.25) is 0 Å². The maximum Gasteiger partial charge on any atom is 0.263 e. The van der Waals surface area contributed by atoms with Crippen molar-refractivity contribution in [1.82, 2.24) is 19.9 Å². The van der Waals surface area contributed by atoms with Crippen LogP contribution in [0.3, 0.4) is 0 Å². The van der Waals surface area contributed by atoms with Gasteiger partial charge in [-0.15, -0.1) is 0 Å². The first-order valence-electron chi connectivity index (χ1n) is 10.9. The third kappa shape index (κ3) is 5.49. The molecule has 1 atom stereocenters. The van der Waals surface area contributed by atoms with Gasteiger partial charge in [0.2, 0.25) is 5.91 Å². The summed E-state index contributed by atoms with van der Waals surface area (Å²) in [5, 5.41) is 3.60. The van der Waals surface area contributed by atoms with Crippen LogP contribution in [-0.2, 0) is 17.9 Å². The van der Waals surface area contributed by atoms with Crippen LogP contribution in [0.5, 0.6) is 0 Å². The van der Waals surface area contributed by atoms with Crippen molar-refractivity contribution < 1.29 is 4.79 Å². The quantitative estimate of drug-likeness (QED) is 0.314. The van der Waals surface area contributed by atoms with Crippen molar-refractivity contribution in [3.05, 3.63) is 100.0 Å². The normalized spacial score (nSPS) is 11.9. The van der Waals surface area contributed by atoms with Crippen molar-refractivity contribution in [3.63, 3.8) is 0 Å². The molecule has 7 heteroatoms. The van der Waals surface area contributed by atoms with E-state index in [2.05, 4.69) is 15.3 Å². The molecular formula is C26H26N4O2S. The second kappa shape index (κ2) is 10.4. The Morgan fingerprint density at radius 1 is 1.03 bits per heavy atom. The van der Waals surface area contributed by atoms with Crippen LogP contribution in [0, 0.1) is 6.92 Å². The molecule has 33 heavy (non-hydrogen) atoms. The lowest BCUT2D eigenvalue weighted by molar-refractivity contribution is -0.120. The number of carbonyl (C=O) groups is 1. The minimum absolute atomic E-state index is 0.0790. The smallest absolute Gasteiger partial charge is 0.263 e. The highest BCUT2D eigenvalue weighted by Gasteiger charge is 2.22. The van der Waals surface area contributed by atoms with Gasteiger partial charge in [-0.05, 0) is 36.6 Å². The molecule has 0 bridgehead atoms. The lowest BCUT2D eigenvalue weighted by atomic mass is 10.1. The molecule has 0 fully saturated rings. The summed E-state index contributed by atoms with van der Waals surface area (Å²) in [5.74, 6) is -0.0790. The molecular weight excluding hydrogens is 432 g/mol. The van der Waals surface area contributed by atoms with Crippen LogP contribution in [0.15, 0.2) is 82.9 Å². The number of nitrogens with one attached hydrogen (secondary N) is 1. The predicted molar refractivity (Wildman–Crippen MR) is 132 cm³/mol. The molecule has 2 heterocycles. The van der Waals surface area contributed by atoms with Gasteiger partial charge in [0.15, 0.2) is 10.8 Å². The number of carbonyl (C=O) groups excluding carboxylic acids is 1. The summed E-state index contributed by atoms with van der Waals surface area (Å²) in [4.78, 5) is 35.2. The van der Waals surface area contributed by atoms with Crippen molar-refractivity contribution in [3.8, 4) is 0 Å². The van der Waals surface area contributed by atoms with Gasteiger partial charge in [0, 0.05) is 12.7 Å². The number of nitrogens with zero attached hydrogens (tertiary/aromatic N) is 3. The minimum Gasteiger partial charge on any atom is -0.351 e. The minimum atomic E-state index is -0.384. The first-order chi connectivity index (χ1) is 16.0. The molecule has 1 N–H and O–H groups in total. The number of hydrogen-bond acceptors (Lipinski definition) is 5. The number of aromatic nitrogens is 3. The number of rotatable bonds is 8. The number of hydrogen-bond donors (Lipinski definition) is 1. The second-order valence-electron chi connectivity index (χ2n) is 7.86. The summed E-state index contributed by atoms with van der Waals surface area (Å²) in [7, 11) is 0. The number of benzene rings is 2. The fraction of sp³-hybridized carbons (Fsp3) is 0.231. The predicted octanol–water partition coefficient (Wildman–Crippen LogP) is 4.34. The van der Waals surface area contributed by atoms with E-state index in [-0.39, 0.29) is 16.7 Å². The van der Waals surface area contributed by atoms with E-state index in [9.17, 15) is 9.59 Å².